The average Bonchev–Trinajstić information content (AvgIpc) is 2.59. The van der Waals surface area contributed by atoms with Gasteiger partial charge in [-0.2, -0.15) is 0 Å². The molecule has 0 aliphatic carbocycles. The van der Waals surface area contributed by atoms with Gasteiger partial charge in [-0.15, -0.1) is 0 Å². The Balaban J connectivity index is 1.69. The van der Waals surface area contributed by atoms with Crippen LogP contribution in [0.5, 0.6) is 0 Å². The van der Waals surface area contributed by atoms with E-state index in [0.717, 1.165) is 31.9 Å². The Kier molecular flexibility index (Phi) is 8.06. The topological polar surface area (TPSA) is 64.6 Å². The van der Waals surface area contributed by atoms with Gasteiger partial charge < -0.3 is 20.9 Å². The predicted octanol–water partition coefficient (Wildman–Crippen LogP) is 2.84. The molecule has 25 heavy (non-hydrogen) atoms. The number of nitrogens with one attached hydrogen (secondary N) is 3. The molecule has 0 amide bonds. The van der Waals surface area contributed by atoms with Crippen molar-refractivity contribution in [3.8, 4) is 0 Å². The Morgan fingerprint density at radius 2 is 2.04 bits per heavy atom. The summed E-state index contributed by atoms with van der Waals surface area (Å²) in [5.74, 6) is 1.47. The molecule has 0 spiro atoms. The average molecular weight is 387 g/mol. The summed E-state index contributed by atoms with van der Waals surface area (Å²) in [4.78, 5) is 11.0. The van der Waals surface area contributed by atoms with Gasteiger partial charge in [0.05, 0.1) is 10.0 Å². The fourth-order valence-electron chi connectivity index (χ4n) is 2.85. The first-order chi connectivity index (χ1) is 12.0. The van der Waals surface area contributed by atoms with Crippen LogP contribution in [0.25, 0.3) is 0 Å². The number of anilines is 1. The van der Waals surface area contributed by atoms with Gasteiger partial charge in [0, 0.05) is 51.5 Å². The molecule has 2 heterocycles. The van der Waals surface area contributed by atoms with Crippen molar-refractivity contribution in [2.24, 2.45) is 4.99 Å². The Hall–Kier alpha value is -1.24. The van der Waals surface area contributed by atoms with Crippen LogP contribution in [0.2, 0.25) is 10.0 Å². The number of hydrogen-bond acceptors (Lipinski definition) is 4. The van der Waals surface area contributed by atoms with Gasteiger partial charge in [0.15, 0.2) is 5.96 Å². The van der Waals surface area contributed by atoms with Crippen molar-refractivity contribution in [1.82, 2.24) is 20.5 Å². The minimum Gasteiger partial charge on any atom is -0.367 e. The Morgan fingerprint density at radius 3 is 2.64 bits per heavy atom. The lowest BCUT2D eigenvalue weighted by Gasteiger charge is -2.35. The molecule has 0 unspecified atom stereocenters. The number of piperidine rings is 1. The highest BCUT2D eigenvalue weighted by molar-refractivity contribution is 6.35. The van der Waals surface area contributed by atoms with Crippen molar-refractivity contribution >= 4 is 35.0 Å². The van der Waals surface area contributed by atoms with E-state index in [1.54, 1.807) is 19.3 Å². The quantitative estimate of drug-likeness (QED) is 0.398. The van der Waals surface area contributed by atoms with Crippen LogP contribution in [0.15, 0.2) is 17.3 Å². The van der Waals surface area contributed by atoms with E-state index in [1.165, 1.54) is 0 Å². The van der Waals surface area contributed by atoms with E-state index in [1.807, 2.05) is 0 Å². The number of guanidine groups is 1. The predicted molar refractivity (Wildman–Crippen MR) is 107 cm³/mol. The summed E-state index contributed by atoms with van der Waals surface area (Å²) in [5, 5.41) is 11.1. The maximum absolute atomic E-state index is 6.09. The number of hydrogen-bond donors (Lipinski definition) is 3. The van der Waals surface area contributed by atoms with Crippen LogP contribution in [0.3, 0.4) is 0 Å². The number of pyridine rings is 1. The van der Waals surface area contributed by atoms with Crippen LogP contribution in [0, 0.1) is 0 Å². The molecule has 0 aromatic carbocycles. The smallest absolute Gasteiger partial charge is 0.191 e. The van der Waals surface area contributed by atoms with E-state index in [2.05, 4.69) is 44.7 Å². The van der Waals surface area contributed by atoms with Crippen LogP contribution in [-0.4, -0.2) is 61.2 Å². The lowest BCUT2D eigenvalue weighted by atomic mass is 10.0. The van der Waals surface area contributed by atoms with Crippen molar-refractivity contribution in [3.05, 3.63) is 22.3 Å². The van der Waals surface area contributed by atoms with Gasteiger partial charge in [-0.25, -0.2) is 4.98 Å². The normalized spacial score (nSPS) is 17.0. The molecule has 8 heteroatoms. The second-order valence-electron chi connectivity index (χ2n) is 6.46. The molecule has 140 valence electrons. The fraction of sp³-hybridized carbons (Fsp3) is 0.647. The number of likely N-dealkylation sites (tertiary alicyclic amines) is 1. The number of nitrogens with zero attached hydrogens (tertiary/aromatic N) is 3. The van der Waals surface area contributed by atoms with E-state index in [-0.39, 0.29) is 0 Å². The molecule has 1 aliphatic heterocycles. The van der Waals surface area contributed by atoms with Crippen molar-refractivity contribution in [1.29, 1.82) is 0 Å². The van der Waals surface area contributed by atoms with Crippen molar-refractivity contribution in [2.75, 3.05) is 38.5 Å². The lowest BCUT2D eigenvalue weighted by Crippen LogP contribution is -2.50. The summed E-state index contributed by atoms with van der Waals surface area (Å²) in [6.07, 6.45) is 3.86. The zero-order valence-corrected chi connectivity index (χ0v) is 16.7. The summed E-state index contributed by atoms with van der Waals surface area (Å²) in [7, 11) is 1.80. The molecule has 1 aromatic heterocycles. The van der Waals surface area contributed by atoms with Crippen molar-refractivity contribution in [3.63, 3.8) is 0 Å². The van der Waals surface area contributed by atoms with Gasteiger partial charge in [-0.1, -0.05) is 23.2 Å². The monoisotopic (exact) mass is 386 g/mol. The first-order valence-electron chi connectivity index (χ1n) is 8.75. The van der Waals surface area contributed by atoms with Crippen LogP contribution in [-0.2, 0) is 0 Å². The molecule has 3 N–H and O–H groups in total. The maximum Gasteiger partial charge on any atom is 0.191 e. The molecule has 2 rings (SSSR count). The Bertz CT molecular complexity index is 570. The third kappa shape index (κ3) is 6.53. The Morgan fingerprint density at radius 1 is 1.32 bits per heavy atom. The molecule has 0 bridgehead atoms. The van der Waals surface area contributed by atoms with Gasteiger partial charge in [-0.05, 0) is 32.8 Å². The summed E-state index contributed by atoms with van der Waals surface area (Å²) in [5.41, 5.74) is 0. The lowest BCUT2D eigenvalue weighted by molar-refractivity contribution is 0.167. The highest BCUT2D eigenvalue weighted by Crippen LogP contribution is 2.22. The van der Waals surface area contributed by atoms with Gasteiger partial charge in [0.25, 0.3) is 0 Å². The highest BCUT2D eigenvalue weighted by Gasteiger charge is 2.21. The standard InChI is InChI=1S/C17H28Cl2N6/c1-12(2)25-8-4-14(5-9-25)24-17(20-3)22-7-6-21-16-15(19)10-13(18)11-23-16/h10-12,14H,4-9H2,1-3H3,(H,21,23)(H2,20,22,24). The van der Waals surface area contributed by atoms with E-state index < -0.39 is 0 Å². The van der Waals surface area contributed by atoms with Crippen LogP contribution >= 0.6 is 23.2 Å². The van der Waals surface area contributed by atoms with Gasteiger partial charge in [0.1, 0.15) is 5.82 Å². The number of rotatable bonds is 6. The first kappa shape index (κ1) is 20.1. The Labute approximate surface area is 160 Å². The molecular formula is C17H28Cl2N6. The van der Waals surface area contributed by atoms with E-state index in [9.17, 15) is 0 Å². The van der Waals surface area contributed by atoms with E-state index in [4.69, 9.17) is 23.2 Å². The van der Waals surface area contributed by atoms with Crippen molar-refractivity contribution < 1.29 is 0 Å². The fourth-order valence-corrected chi connectivity index (χ4v) is 3.30. The largest absolute Gasteiger partial charge is 0.367 e. The highest BCUT2D eigenvalue weighted by atomic mass is 35.5. The number of halogens is 2. The molecule has 0 saturated carbocycles. The van der Waals surface area contributed by atoms with Gasteiger partial charge >= 0.3 is 0 Å². The van der Waals surface area contributed by atoms with Crippen molar-refractivity contribution in [2.45, 2.75) is 38.8 Å². The zero-order valence-electron chi connectivity index (χ0n) is 15.1. The first-order valence-corrected chi connectivity index (χ1v) is 9.51. The summed E-state index contributed by atoms with van der Waals surface area (Å²) in [6.45, 7) is 8.17. The van der Waals surface area contributed by atoms with Gasteiger partial charge in [-0.3, -0.25) is 4.99 Å². The van der Waals surface area contributed by atoms with Crippen LogP contribution < -0.4 is 16.0 Å². The molecule has 6 nitrogen and oxygen atoms in total. The molecular weight excluding hydrogens is 359 g/mol. The zero-order chi connectivity index (χ0) is 18.2. The van der Waals surface area contributed by atoms with Crippen LogP contribution in [0.1, 0.15) is 26.7 Å². The molecule has 1 aliphatic rings. The van der Waals surface area contributed by atoms with E-state index >= 15 is 0 Å². The minimum atomic E-state index is 0.474. The molecule has 1 aromatic rings. The summed E-state index contributed by atoms with van der Waals surface area (Å²) >= 11 is 11.9. The van der Waals surface area contributed by atoms with Gasteiger partial charge in [0.2, 0.25) is 0 Å². The maximum atomic E-state index is 6.09. The molecule has 1 fully saturated rings. The third-order valence-corrected chi connectivity index (χ3v) is 4.84. The number of aliphatic imine (C=N–C) groups is 1. The third-order valence-electron chi connectivity index (χ3n) is 4.34. The molecule has 0 atom stereocenters. The minimum absolute atomic E-state index is 0.474. The van der Waals surface area contributed by atoms with E-state index in [0.29, 0.717) is 41.0 Å². The second kappa shape index (κ2) is 10.0. The SMILES string of the molecule is CN=C(NCCNc1ncc(Cl)cc1Cl)NC1CCN(C(C)C)CC1. The molecule has 1 saturated heterocycles. The number of aromatic nitrogens is 1. The molecule has 0 radical (unpaired) electrons. The summed E-state index contributed by atoms with van der Waals surface area (Å²) in [6, 6.07) is 2.77. The second-order valence-corrected chi connectivity index (χ2v) is 7.30. The van der Waals surface area contributed by atoms with Crippen LogP contribution in [0.4, 0.5) is 5.82 Å². The summed E-state index contributed by atoms with van der Waals surface area (Å²) < 4.78 is 0.